The molecule has 28 heavy (non-hydrogen) atoms. The number of aliphatic imine (C=N–C) groups is 1. The maximum Gasteiger partial charge on any atom is 0.285 e. The molecule has 0 aliphatic carbocycles. The van der Waals surface area contributed by atoms with Gasteiger partial charge < -0.3 is 9.64 Å². The van der Waals surface area contributed by atoms with Crippen LogP contribution in [0.3, 0.4) is 0 Å². The summed E-state index contributed by atoms with van der Waals surface area (Å²) >= 11 is 1.20. The van der Waals surface area contributed by atoms with E-state index in [1.807, 2.05) is 6.07 Å². The molecule has 0 bridgehead atoms. The van der Waals surface area contributed by atoms with Gasteiger partial charge in [0.15, 0.2) is 21.6 Å². The molecule has 2 aromatic carbocycles. The van der Waals surface area contributed by atoms with Gasteiger partial charge in [0.25, 0.3) is 5.91 Å². The Balaban J connectivity index is 1.59. The number of halogens is 1. The number of para-hydroxylation sites is 2. The fourth-order valence-corrected chi connectivity index (χ4v) is 7.22. The fourth-order valence-electron chi connectivity index (χ4n) is 3.29. The minimum absolute atomic E-state index is 0.0129. The zero-order valence-corrected chi connectivity index (χ0v) is 16.3. The third-order valence-corrected chi connectivity index (χ3v) is 7.71. The summed E-state index contributed by atoms with van der Waals surface area (Å²) in [6.07, 6.45) is 0. The zero-order chi connectivity index (χ0) is 19.7. The van der Waals surface area contributed by atoms with Crippen LogP contribution < -0.4 is 9.64 Å². The second kappa shape index (κ2) is 7.56. The van der Waals surface area contributed by atoms with Crippen molar-refractivity contribution in [2.24, 2.45) is 4.99 Å². The molecule has 0 N–H and O–H groups in total. The van der Waals surface area contributed by atoms with Gasteiger partial charge in [0, 0.05) is 5.25 Å². The molecule has 2 aliphatic heterocycles. The minimum atomic E-state index is -3.21. The predicted octanol–water partition coefficient (Wildman–Crippen LogP) is 2.51. The third-order valence-electron chi connectivity index (χ3n) is 4.50. The molecule has 2 heterocycles. The number of ether oxygens (including phenoxy) is 1. The molecule has 2 aromatic rings. The van der Waals surface area contributed by atoms with Crippen LogP contribution in [0.4, 0.5) is 10.1 Å². The SMILES string of the molecule is O=C(COc1ccccc1)N=C1S[C@@H]2CS(=O)(=O)C[C@@H]2N1c1ccccc1F. The predicted molar refractivity (Wildman–Crippen MR) is 107 cm³/mol. The number of amides is 1. The van der Waals surface area contributed by atoms with Crippen LogP contribution in [0.15, 0.2) is 59.6 Å². The van der Waals surface area contributed by atoms with Gasteiger partial charge >= 0.3 is 0 Å². The first-order valence-corrected chi connectivity index (χ1v) is 11.3. The van der Waals surface area contributed by atoms with E-state index in [0.717, 1.165) is 0 Å². The lowest BCUT2D eigenvalue weighted by Gasteiger charge is -2.24. The Morgan fingerprint density at radius 3 is 2.61 bits per heavy atom. The van der Waals surface area contributed by atoms with Crippen molar-refractivity contribution in [3.05, 3.63) is 60.4 Å². The molecule has 2 atom stereocenters. The van der Waals surface area contributed by atoms with Crippen molar-refractivity contribution in [3.8, 4) is 5.75 Å². The maximum atomic E-state index is 14.4. The Morgan fingerprint density at radius 2 is 1.86 bits per heavy atom. The van der Waals surface area contributed by atoms with Crippen molar-refractivity contribution >= 4 is 38.4 Å². The van der Waals surface area contributed by atoms with Gasteiger partial charge in [0.1, 0.15) is 11.6 Å². The quantitative estimate of drug-likeness (QED) is 0.757. The molecule has 0 aromatic heterocycles. The summed E-state index contributed by atoms with van der Waals surface area (Å²) in [4.78, 5) is 18.0. The number of thioether (sulfide) groups is 1. The van der Waals surface area contributed by atoms with Crippen LogP contribution in [-0.4, -0.2) is 48.9 Å². The molecule has 2 saturated heterocycles. The highest BCUT2D eigenvalue weighted by Crippen LogP contribution is 2.41. The van der Waals surface area contributed by atoms with Gasteiger partial charge in [-0.2, -0.15) is 4.99 Å². The highest BCUT2D eigenvalue weighted by molar-refractivity contribution is 8.16. The average Bonchev–Trinajstić information content (AvgIpc) is 3.12. The second-order valence-electron chi connectivity index (χ2n) is 6.51. The molecule has 146 valence electrons. The van der Waals surface area contributed by atoms with Crippen LogP contribution >= 0.6 is 11.8 Å². The molecular formula is C19H17FN2O4S2. The highest BCUT2D eigenvalue weighted by atomic mass is 32.2. The maximum absolute atomic E-state index is 14.4. The Kier molecular flexibility index (Phi) is 5.11. The number of fused-ring (bicyclic) bond motifs is 1. The zero-order valence-electron chi connectivity index (χ0n) is 14.7. The summed E-state index contributed by atoms with van der Waals surface area (Å²) in [5, 5.41) is 0.0165. The van der Waals surface area contributed by atoms with Gasteiger partial charge in [0.2, 0.25) is 0 Å². The van der Waals surface area contributed by atoms with Crippen LogP contribution in [0.5, 0.6) is 5.75 Å². The van der Waals surface area contributed by atoms with Crippen molar-refractivity contribution in [2.45, 2.75) is 11.3 Å². The van der Waals surface area contributed by atoms with Crippen LogP contribution in [0.2, 0.25) is 0 Å². The summed E-state index contributed by atoms with van der Waals surface area (Å²) in [7, 11) is -3.21. The number of hydrogen-bond acceptors (Lipinski definition) is 5. The van der Waals surface area contributed by atoms with E-state index in [4.69, 9.17) is 4.74 Å². The number of carbonyl (C=O) groups excluding carboxylic acids is 1. The summed E-state index contributed by atoms with van der Waals surface area (Å²) in [5.41, 5.74) is 0.218. The van der Waals surface area contributed by atoms with E-state index in [1.165, 1.54) is 22.7 Å². The molecule has 9 heteroatoms. The van der Waals surface area contributed by atoms with Gasteiger partial charge in [0.05, 0.1) is 23.2 Å². The van der Waals surface area contributed by atoms with Crippen molar-refractivity contribution in [2.75, 3.05) is 23.0 Å². The molecule has 6 nitrogen and oxygen atoms in total. The van der Waals surface area contributed by atoms with Gasteiger partial charge in [-0.05, 0) is 24.3 Å². The van der Waals surface area contributed by atoms with Gasteiger partial charge in [-0.15, -0.1) is 0 Å². The molecule has 0 saturated carbocycles. The molecule has 0 radical (unpaired) electrons. The molecule has 2 aliphatic rings. The minimum Gasteiger partial charge on any atom is -0.484 e. The van der Waals surface area contributed by atoms with Crippen molar-refractivity contribution in [3.63, 3.8) is 0 Å². The first-order chi connectivity index (χ1) is 13.4. The number of carbonyl (C=O) groups is 1. The standard InChI is InChI=1S/C19H17FN2O4S2/c20-14-8-4-5-9-15(14)22-16-11-28(24,25)12-17(16)27-19(22)21-18(23)10-26-13-6-2-1-3-7-13/h1-9,16-17H,10-12H2/t16-,17+/m0/s1. The smallest absolute Gasteiger partial charge is 0.285 e. The van der Waals surface area contributed by atoms with Crippen LogP contribution in [0.25, 0.3) is 0 Å². The number of rotatable bonds is 4. The summed E-state index contributed by atoms with van der Waals surface area (Å²) in [6, 6.07) is 14.5. The Hall–Kier alpha value is -2.39. The molecular weight excluding hydrogens is 403 g/mol. The van der Waals surface area contributed by atoms with Gasteiger partial charge in [-0.25, -0.2) is 12.8 Å². The van der Waals surface area contributed by atoms with E-state index in [-0.39, 0.29) is 29.0 Å². The topological polar surface area (TPSA) is 76.0 Å². The number of nitrogens with zero attached hydrogens (tertiary/aromatic N) is 2. The lowest BCUT2D eigenvalue weighted by molar-refractivity contribution is -0.119. The second-order valence-corrected chi connectivity index (χ2v) is 9.87. The first kappa shape index (κ1) is 18.9. The van der Waals surface area contributed by atoms with Crippen LogP contribution in [-0.2, 0) is 14.6 Å². The van der Waals surface area contributed by atoms with Gasteiger partial charge in [-0.1, -0.05) is 42.1 Å². The number of amidine groups is 1. The summed E-state index contributed by atoms with van der Waals surface area (Å²) in [6.45, 7) is -0.257. The van der Waals surface area contributed by atoms with Crippen molar-refractivity contribution in [1.29, 1.82) is 0 Å². The van der Waals surface area contributed by atoms with E-state index >= 15 is 0 Å². The number of benzene rings is 2. The van der Waals surface area contributed by atoms with Gasteiger partial charge in [-0.3, -0.25) is 4.79 Å². The average molecular weight is 420 g/mol. The van der Waals surface area contributed by atoms with E-state index in [1.54, 1.807) is 42.5 Å². The summed E-state index contributed by atoms with van der Waals surface area (Å²) < 4.78 is 43.9. The van der Waals surface area contributed by atoms with E-state index in [2.05, 4.69) is 4.99 Å². The first-order valence-electron chi connectivity index (χ1n) is 8.63. The van der Waals surface area contributed by atoms with Crippen molar-refractivity contribution in [1.82, 2.24) is 0 Å². The molecule has 2 fully saturated rings. The normalized spacial score (nSPS) is 24.3. The largest absolute Gasteiger partial charge is 0.484 e. The van der Waals surface area contributed by atoms with E-state index in [0.29, 0.717) is 10.9 Å². The number of hydrogen-bond donors (Lipinski definition) is 0. The highest BCUT2D eigenvalue weighted by Gasteiger charge is 2.49. The van der Waals surface area contributed by atoms with Crippen LogP contribution in [0, 0.1) is 5.82 Å². The van der Waals surface area contributed by atoms with Crippen molar-refractivity contribution < 1.29 is 22.3 Å². The monoisotopic (exact) mass is 420 g/mol. The summed E-state index contributed by atoms with van der Waals surface area (Å²) in [5.74, 6) is -0.568. The lowest BCUT2D eigenvalue weighted by atomic mass is 10.2. The Morgan fingerprint density at radius 1 is 1.14 bits per heavy atom. The molecule has 0 spiro atoms. The Bertz CT molecular complexity index is 1030. The fraction of sp³-hybridized carbons (Fsp3) is 0.263. The third kappa shape index (κ3) is 3.90. The van der Waals surface area contributed by atoms with Crippen LogP contribution in [0.1, 0.15) is 0 Å². The molecule has 1 amide bonds. The Labute approximate surface area is 166 Å². The lowest BCUT2D eigenvalue weighted by Crippen LogP contribution is -2.38. The molecule has 0 unspecified atom stereocenters. The molecule has 4 rings (SSSR count). The number of sulfone groups is 1. The van der Waals surface area contributed by atoms with E-state index < -0.39 is 27.6 Å². The number of anilines is 1. The van der Waals surface area contributed by atoms with E-state index in [9.17, 15) is 17.6 Å².